The van der Waals surface area contributed by atoms with E-state index in [1.165, 1.54) is 5.56 Å². The molecule has 0 aromatic heterocycles. The van der Waals surface area contributed by atoms with Crippen LogP contribution in [0.15, 0.2) is 24.3 Å². The lowest BCUT2D eigenvalue weighted by atomic mass is 9.90. The topological polar surface area (TPSA) is 38.3 Å². The van der Waals surface area contributed by atoms with E-state index in [4.69, 9.17) is 4.74 Å². The van der Waals surface area contributed by atoms with Gasteiger partial charge < -0.3 is 4.74 Å². The minimum atomic E-state index is -0.743. The van der Waals surface area contributed by atoms with Crippen LogP contribution in [0, 0.1) is 5.92 Å². The lowest BCUT2D eigenvalue weighted by Crippen LogP contribution is -2.48. The molecule has 1 atom stereocenters. The van der Waals surface area contributed by atoms with E-state index in [1.807, 2.05) is 13.8 Å². The smallest absolute Gasteiger partial charge is 0.330 e. The molecule has 1 N–H and O–H groups in total. The molecule has 0 radical (unpaired) electrons. The molecule has 3 nitrogen and oxygen atoms in total. The highest BCUT2D eigenvalue weighted by molar-refractivity contribution is 5.82. The number of hydrogen-bond acceptors (Lipinski definition) is 3. The van der Waals surface area contributed by atoms with E-state index >= 15 is 0 Å². The van der Waals surface area contributed by atoms with E-state index in [-0.39, 0.29) is 5.97 Å². The summed E-state index contributed by atoms with van der Waals surface area (Å²) in [5, 5.41) is 3.45. The summed E-state index contributed by atoms with van der Waals surface area (Å²) in [6.07, 6.45) is 3.34. The van der Waals surface area contributed by atoms with Gasteiger partial charge in [-0.2, -0.15) is 0 Å². The maximum absolute atomic E-state index is 12.4. The first-order valence-corrected chi connectivity index (χ1v) is 8.00. The van der Waals surface area contributed by atoms with Gasteiger partial charge in [0.2, 0.25) is 0 Å². The average molecular weight is 289 g/mol. The molecule has 1 aliphatic carbocycles. The molecule has 0 aliphatic heterocycles. The quantitative estimate of drug-likeness (QED) is 0.782. The van der Waals surface area contributed by atoms with E-state index < -0.39 is 5.54 Å². The van der Waals surface area contributed by atoms with E-state index in [0.717, 1.165) is 24.8 Å². The second-order valence-corrected chi connectivity index (χ2v) is 6.56. The molecule has 1 saturated carbocycles. The molecular formula is C18H27NO2. The van der Waals surface area contributed by atoms with Crippen LogP contribution in [0.2, 0.25) is 0 Å². The maximum Gasteiger partial charge on any atom is 0.330 e. The van der Waals surface area contributed by atoms with Gasteiger partial charge in [-0.1, -0.05) is 38.1 Å². The Morgan fingerprint density at radius 2 is 1.95 bits per heavy atom. The van der Waals surface area contributed by atoms with Crippen LogP contribution in [0.3, 0.4) is 0 Å². The SMILES string of the molecule is CCOC(=O)C(C)(NC1CC1)c1ccc(CC(C)C)cc1. The minimum absolute atomic E-state index is 0.187. The summed E-state index contributed by atoms with van der Waals surface area (Å²) in [6, 6.07) is 8.81. The molecule has 0 spiro atoms. The fourth-order valence-corrected chi connectivity index (χ4v) is 2.62. The summed E-state index contributed by atoms with van der Waals surface area (Å²) in [7, 11) is 0. The highest BCUT2D eigenvalue weighted by Gasteiger charge is 2.41. The molecule has 21 heavy (non-hydrogen) atoms. The molecule has 0 bridgehead atoms. The normalized spacial score (nSPS) is 17.6. The summed E-state index contributed by atoms with van der Waals surface area (Å²) in [6.45, 7) is 8.62. The lowest BCUT2D eigenvalue weighted by Gasteiger charge is -2.29. The van der Waals surface area contributed by atoms with Crippen LogP contribution >= 0.6 is 0 Å². The first-order valence-electron chi connectivity index (χ1n) is 8.00. The molecule has 1 aromatic rings. The van der Waals surface area contributed by atoms with Crippen molar-refractivity contribution in [1.82, 2.24) is 5.32 Å². The molecule has 1 unspecified atom stereocenters. The van der Waals surface area contributed by atoms with Crippen molar-refractivity contribution in [2.75, 3.05) is 6.61 Å². The number of hydrogen-bond donors (Lipinski definition) is 1. The standard InChI is InChI=1S/C18H27NO2/c1-5-21-17(20)18(4,19-16-10-11-16)15-8-6-14(7-9-15)12-13(2)3/h6-9,13,16,19H,5,10-12H2,1-4H3. The number of nitrogens with one attached hydrogen (secondary N) is 1. The maximum atomic E-state index is 12.4. The number of ether oxygens (including phenoxy) is 1. The van der Waals surface area contributed by atoms with Crippen molar-refractivity contribution in [3.63, 3.8) is 0 Å². The van der Waals surface area contributed by atoms with Gasteiger partial charge in [-0.3, -0.25) is 5.32 Å². The van der Waals surface area contributed by atoms with Crippen molar-refractivity contribution >= 4 is 5.97 Å². The second-order valence-electron chi connectivity index (χ2n) is 6.56. The van der Waals surface area contributed by atoms with Crippen LogP contribution in [0.1, 0.15) is 51.7 Å². The van der Waals surface area contributed by atoms with Gasteiger partial charge in [0, 0.05) is 6.04 Å². The van der Waals surface area contributed by atoms with Crippen LogP contribution in [0.25, 0.3) is 0 Å². The summed E-state index contributed by atoms with van der Waals surface area (Å²) < 4.78 is 5.28. The fraction of sp³-hybridized carbons (Fsp3) is 0.611. The Hall–Kier alpha value is -1.35. The highest BCUT2D eigenvalue weighted by atomic mass is 16.5. The summed E-state index contributed by atoms with van der Waals surface area (Å²) in [5.41, 5.74) is 1.56. The lowest BCUT2D eigenvalue weighted by molar-refractivity contribution is -0.151. The number of carbonyl (C=O) groups excluding carboxylic acids is 1. The van der Waals surface area contributed by atoms with Crippen molar-refractivity contribution < 1.29 is 9.53 Å². The van der Waals surface area contributed by atoms with E-state index in [2.05, 4.69) is 43.4 Å². The number of esters is 1. The molecule has 1 aromatic carbocycles. The Kier molecular flexibility index (Phi) is 5.04. The van der Waals surface area contributed by atoms with Crippen LogP contribution in [-0.4, -0.2) is 18.6 Å². The Labute approximate surface area is 128 Å². The van der Waals surface area contributed by atoms with Crippen molar-refractivity contribution in [2.45, 2.75) is 58.5 Å². The fourth-order valence-electron chi connectivity index (χ4n) is 2.62. The molecule has 0 amide bonds. The van der Waals surface area contributed by atoms with E-state index in [0.29, 0.717) is 18.6 Å². The number of benzene rings is 1. The van der Waals surface area contributed by atoms with Gasteiger partial charge >= 0.3 is 5.97 Å². The Balaban J connectivity index is 2.21. The third-order valence-electron chi connectivity index (χ3n) is 3.93. The Morgan fingerprint density at radius 3 is 2.43 bits per heavy atom. The molecule has 3 heteroatoms. The van der Waals surface area contributed by atoms with Gasteiger partial charge in [-0.15, -0.1) is 0 Å². The van der Waals surface area contributed by atoms with Gasteiger partial charge in [0.05, 0.1) is 6.61 Å². The predicted molar refractivity (Wildman–Crippen MR) is 85.1 cm³/mol. The van der Waals surface area contributed by atoms with Gasteiger partial charge in [-0.05, 0) is 50.2 Å². The summed E-state index contributed by atoms with van der Waals surface area (Å²) in [4.78, 5) is 12.4. The van der Waals surface area contributed by atoms with Gasteiger partial charge in [-0.25, -0.2) is 4.79 Å². The van der Waals surface area contributed by atoms with Crippen LogP contribution in [-0.2, 0) is 21.5 Å². The second kappa shape index (κ2) is 6.61. The first-order chi connectivity index (χ1) is 9.95. The molecule has 2 rings (SSSR count). The van der Waals surface area contributed by atoms with E-state index in [1.54, 1.807) is 0 Å². The average Bonchev–Trinajstić information content (AvgIpc) is 3.22. The van der Waals surface area contributed by atoms with Gasteiger partial charge in [0.15, 0.2) is 0 Å². The van der Waals surface area contributed by atoms with Crippen LogP contribution in [0.4, 0.5) is 0 Å². The van der Waals surface area contributed by atoms with E-state index in [9.17, 15) is 4.79 Å². The molecule has 1 aliphatic rings. The monoisotopic (exact) mass is 289 g/mol. The zero-order chi connectivity index (χ0) is 15.5. The van der Waals surface area contributed by atoms with Crippen LogP contribution in [0.5, 0.6) is 0 Å². The zero-order valence-corrected chi connectivity index (χ0v) is 13.6. The number of carbonyl (C=O) groups is 1. The third kappa shape index (κ3) is 4.07. The third-order valence-corrected chi connectivity index (χ3v) is 3.93. The minimum Gasteiger partial charge on any atom is -0.464 e. The first kappa shape index (κ1) is 16.0. The molecule has 1 fully saturated rings. The van der Waals surface area contributed by atoms with Crippen molar-refractivity contribution in [1.29, 1.82) is 0 Å². The Morgan fingerprint density at radius 1 is 1.33 bits per heavy atom. The summed E-state index contributed by atoms with van der Waals surface area (Å²) in [5.74, 6) is 0.449. The number of rotatable bonds is 7. The largest absolute Gasteiger partial charge is 0.464 e. The van der Waals surface area contributed by atoms with Crippen molar-refractivity contribution in [2.24, 2.45) is 5.92 Å². The van der Waals surface area contributed by atoms with Crippen molar-refractivity contribution in [3.05, 3.63) is 35.4 Å². The molecule has 0 heterocycles. The van der Waals surface area contributed by atoms with Crippen molar-refractivity contribution in [3.8, 4) is 0 Å². The summed E-state index contributed by atoms with van der Waals surface area (Å²) >= 11 is 0. The zero-order valence-electron chi connectivity index (χ0n) is 13.6. The highest BCUT2D eigenvalue weighted by Crippen LogP contribution is 2.30. The Bertz CT molecular complexity index is 476. The predicted octanol–water partition coefficient (Wildman–Crippen LogP) is 3.42. The molecule has 116 valence electrons. The van der Waals surface area contributed by atoms with Gasteiger partial charge in [0.25, 0.3) is 0 Å². The van der Waals surface area contributed by atoms with Gasteiger partial charge in [0.1, 0.15) is 5.54 Å². The molecule has 0 saturated heterocycles. The molecular weight excluding hydrogens is 262 g/mol. The van der Waals surface area contributed by atoms with Crippen LogP contribution < -0.4 is 5.32 Å².